The second-order valence-electron chi connectivity index (χ2n) is 11.9. The molecule has 2 aromatic heterocycles. The van der Waals surface area contributed by atoms with Gasteiger partial charge in [-0.05, 0) is 31.0 Å². The zero-order chi connectivity index (χ0) is 33.8. The van der Waals surface area contributed by atoms with Crippen LogP contribution >= 0.6 is 12.2 Å². The number of amides is 2. The highest BCUT2D eigenvalue weighted by atomic mass is 32.1. The van der Waals surface area contributed by atoms with Gasteiger partial charge in [0.25, 0.3) is 5.91 Å². The molecule has 2 fully saturated rings. The summed E-state index contributed by atoms with van der Waals surface area (Å²) in [6.45, 7) is 4.44. The van der Waals surface area contributed by atoms with Crippen LogP contribution in [0, 0.1) is 5.92 Å². The largest absolute Gasteiger partial charge is 0.493 e. The summed E-state index contributed by atoms with van der Waals surface area (Å²) >= 11 is 5.86. The molecular weight excluding hydrogens is 632 g/mol. The number of hydrogen-bond donors (Lipinski definition) is 1. The molecule has 4 aromatic rings. The van der Waals surface area contributed by atoms with Crippen LogP contribution in [0.15, 0.2) is 65.3 Å². The Kier molecular flexibility index (Phi) is 9.85. The van der Waals surface area contributed by atoms with Crippen molar-refractivity contribution in [3.8, 4) is 11.5 Å². The van der Waals surface area contributed by atoms with E-state index in [0.29, 0.717) is 89.6 Å². The smallest absolute Gasteiger partial charge is 0.289 e. The van der Waals surface area contributed by atoms with Crippen LogP contribution in [0.4, 0.5) is 11.8 Å². The fourth-order valence-corrected chi connectivity index (χ4v) is 6.54. The fraction of sp³-hybridized carbons (Fsp3) is 0.371. The van der Waals surface area contributed by atoms with Gasteiger partial charge in [-0.15, -0.1) is 0 Å². The average Bonchev–Trinajstić information content (AvgIpc) is 3.84. The normalized spacial score (nSPS) is 16.9. The van der Waals surface area contributed by atoms with Gasteiger partial charge in [-0.3, -0.25) is 14.4 Å². The first-order valence-electron chi connectivity index (χ1n) is 16.0. The minimum absolute atomic E-state index is 0.0150. The Hall–Kier alpha value is -5.04. The van der Waals surface area contributed by atoms with Crippen LogP contribution in [-0.4, -0.2) is 95.3 Å². The number of aromatic nitrogens is 2. The number of Topliss-reactive ketones (excluding diaryl/α,β-unsaturated/α-hetero) is 1. The number of fused-ring (bicyclic) bond motifs is 1. The van der Waals surface area contributed by atoms with Crippen molar-refractivity contribution < 1.29 is 28.3 Å². The molecule has 0 bridgehead atoms. The number of ether oxygens (including phenoxy) is 2. The van der Waals surface area contributed by atoms with Crippen molar-refractivity contribution in [1.29, 1.82) is 0 Å². The van der Waals surface area contributed by atoms with Gasteiger partial charge in [-0.1, -0.05) is 49.5 Å². The number of hydrogen-bond acceptors (Lipinski definition) is 10. The first-order valence-corrected chi connectivity index (χ1v) is 16.4. The molecule has 2 aliphatic rings. The molecule has 2 aliphatic heterocycles. The summed E-state index contributed by atoms with van der Waals surface area (Å²) in [5.74, 6) is 1.40. The minimum Gasteiger partial charge on any atom is -0.493 e. The van der Waals surface area contributed by atoms with Gasteiger partial charge in [0.15, 0.2) is 23.0 Å². The first-order chi connectivity index (χ1) is 23.3. The minimum atomic E-state index is -0.517. The van der Waals surface area contributed by atoms with Crippen LogP contribution in [0.5, 0.6) is 11.5 Å². The molecule has 2 saturated heterocycles. The summed E-state index contributed by atoms with van der Waals surface area (Å²) in [6, 6.07) is 15.5. The lowest BCUT2D eigenvalue weighted by molar-refractivity contribution is -0.119. The highest BCUT2D eigenvalue weighted by Gasteiger charge is 2.35. The number of methoxy groups -OCH3 is 2. The maximum atomic E-state index is 14.0. The topological polar surface area (TPSA) is 130 Å². The van der Waals surface area contributed by atoms with Crippen molar-refractivity contribution in [2.24, 2.45) is 5.92 Å². The Morgan fingerprint density at radius 2 is 1.71 bits per heavy atom. The quantitative estimate of drug-likeness (QED) is 0.184. The van der Waals surface area contributed by atoms with E-state index in [2.05, 4.69) is 5.32 Å². The van der Waals surface area contributed by atoms with E-state index in [1.165, 1.54) is 6.26 Å². The SMILES string of the molecule is COc1cc2nc(N3CCN(C(=O)c4ccco4)CC3)nc(NC(=O)[C@H]3CCCN3C(=S)C(C)CC(=O)c3ccccc3)c2cc1OC. The molecule has 0 saturated carbocycles. The molecule has 0 radical (unpaired) electrons. The molecule has 250 valence electrons. The molecule has 0 spiro atoms. The molecule has 13 heteroatoms. The Labute approximate surface area is 284 Å². The lowest BCUT2D eigenvalue weighted by Gasteiger charge is -2.34. The molecule has 12 nitrogen and oxygen atoms in total. The molecule has 2 aromatic carbocycles. The highest BCUT2D eigenvalue weighted by molar-refractivity contribution is 7.80. The summed E-state index contributed by atoms with van der Waals surface area (Å²) in [5.41, 5.74) is 1.21. The zero-order valence-corrected chi connectivity index (χ0v) is 28.0. The van der Waals surface area contributed by atoms with Gasteiger partial charge >= 0.3 is 0 Å². The molecule has 48 heavy (non-hydrogen) atoms. The van der Waals surface area contributed by atoms with Gasteiger partial charge in [0.1, 0.15) is 11.9 Å². The van der Waals surface area contributed by atoms with Gasteiger partial charge in [0, 0.05) is 62.1 Å². The number of nitrogens with one attached hydrogen (secondary N) is 1. The van der Waals surface area contributed by atoms with Crippen molar-refractivity contribution >= 4 is 57.5 Å². The van der Waals surface area contributed by atoms with E-state index in [9.17, 15) is 14.4 Å². The number of carbonyl (C=O) groups excluding carboxylic acids is 3. The van der Waals surface area contributed by atoms with Gasteiger partial charge in [-0.2, -0.15) is 4.98 Å². The van der Waals surface area contributed by atoms with Gasteiger partial charge in [0.2, 0.25) is 11.9 Å². The number of rotatable bonds is 10. The summed E-state index contributed by atoms with van der Waals surface area (Å²) < 4.78 is 16.4. The van der Waals surface area contributed by atoms with E-state index >= 15 is 0 Å². The molecule has 2 amide bonds. The van der Waals surface area contributed by atoms with Crippen LogP contribution in [0.1, 0.15) is 47.1 Å². The number of piperazine rings is 1. The monoisotopic (exact) mass is 670 g/mol. The van der Waals surface area contributed by atoms with Crippen molar-refractivity contribution in [3.05, 3.63) is 72.2 Å². The third-order valence-corrected chi connectivity index (χ3v) is 9.50. The maximum absolute atomic E-state index is 14.0. The van der Waals surface area contributed by atoms with Crippen LogP contribution in [0.3, 0.4) is 0 Å². The summed E-state index contributed by atoms with van der Waals surface area (Å²) in [6.07, 6.45) is 3.15. The van der Waals surface area contributed by atoms with Gasteiger partial charge < -0.3 is 33.9 Å². The molecule has 1 N–H and O–H groups in total. The molecule has 2 atom stereocenters. The number of likely N-dealkylation sites (tertiary alicyclic amines) is 1. The zero-order valence-electron chi connectivity index (χ0n) is 27.2. The van der Waals surface area contributed by atoms with E-state index in [1.807, 2.05) is 34.9 Å². The average molecular weight is 671 g/mol. The summed E-state index contributed by atoms with van der Waals surface area (Å²) in [4.78, 5) is 55.6. The maximum Gasteiger partial charge on any atom is 0.289 e. The predicted molar refractivity (Wildman–Crippen MR) is 185 cm³/mol. The number of nitrogens with zero attached hydrogens (tertiary/aromatic N) is 5. The van der Waals surface area contributed by atoms with Crippen molar-refractivity contribution in [1.82, 2.24) is 19.8 Å². The predicted octanol–water partition coefficient (Wildman–Crippen LogP) is 4.84. The van der Waals surface area contributed by atoms with Gasteiger partial charge in [-0.25, -0.2) is 4.98 Å². The molecule has 0 aliphatic carbocycles. The third kappa shape index (κ3) is 6.82. The first kappa shape index (κ1) is 32.9. The number of thiocarbonyl (C=S) groups is 1. The Balaban J connectivity index is 1.22. The van der Waals surface area contributed by atoms with E-state index in [4.69, 9.17) is 36.1 Å². The number of anilines is 2. The van der Waals surface area contributed by atoms with Gasteiger partial charge in [0.05, 0.1) is 31.0 Å². The Morgan fingerprint density at radius 3 is 2.40 bits per heavy atom. The fourth-order valence-electron chi connectivity index (χ4n) is 6.24. The molecular formula is C35H38N6O6S. The number of furan rings is 1. The standard InChI is InChI=1S/C35H38N6O6S/c1-22(19-27(42)23-9-5-4-6-10-23)34(48)41-13-7-11-26(41)32(43)37-31-24-20-29(45-2)30(46-3)21-25(24)36-35(38-31)40-16-14-39(15-17-40)33(44)28-12-8-18-47-28/h4-6,8-10,12,18,20-22,26H,7,11,13-17,19H2,1-3H3,(H,36,37,38,43)/t22?,26-/m1/s1. The Morgan fingerprint density at radius 1 is 0.979 bits per heavy atom. The van der Waals surface area contributed by atoms with E-state index in [0.717, 1.165) is 6.42 Å². The second-order valence-corrected chi connectivity index (χ2v) is 12.3. The third-order valence-electron chi connectivity index (χ3n) is 8.86. The second kappa shape index (κ2) is 14.4. The Bertz CT molecular complexity index is 1810. The molecule has 1 unspecified atom stereocenters. The van der Waals surface area contributed by atoms with E-state index in [1.54, 1.807) is 55.5 Å². The van der Waals surface area contributed by atoms with E-state index < -0.39 is 6.04 Å². The van der Waals surface area contributed by atoms with Crippen molar-refractivity contribution in [3.63, 3.8) is 0 Å². The lowest BCUT2D eigenvalue weighted by atomic mass is 9.99. The van der Waals surface area contributed by atoms with E-state index in [-0.39, 0.29) is 29.9 Å². The number of ketones is 1. The summed E-state index contributed by atoms with van der Waals surface area (Å²) in [5, 5.41) is 3.66. The number of carbonyl (C=O) groups is 3. The van der Waals surface area contributed by atoms with Crippen molar-refractivity contribution in [2.75, 3.05) is 57.2 Å². The molecule has 4 heterocycles. The van der Waals surface area contributed by atoms with Crippen LogP contribution in [-0.2, 0) is 4.79 Å². The van der Waals surface area contributed by atoms with Crippen LogP contribution < -0.4 is 19.7 Å². The van der Waals surface area contributed by atoms with Crippen LogP contribution in [0.2, 0.25) is 0 Å². The van der Waals surface area contributed by atoms with Crippen molar-refractivity contribution in [2.45, 2.75) is 32.2 Å². The number of benzene rings is 2. The summed E-state index contributed by atoms with van der Waals surface area (Å²) in [7, 11) is 3.09. The van der Waals surface area contributed by atoms with Crippen LogP contribution in [0.25, 0.3) is 10.9 Å². The molecule has 6 rings (SSSR count). The lowest BCUT2D eigenvalue weighted by Crippen LogP contribution is -2.49. The highest BCUT2D eigenvalue weighted by Crippen LogP contribution is 2.36.